The summed E-state index contributed by atoms with van der Waals surface area (Å²) in [7, 11) is 0. The summed E-state index contributed by atoms with van der Waals surface area (Å²) in [6.07, 6.45) is 8.03. The molecule has 0 fully saturated rings. The second-order valence-corrected chi connectivity index (χ2v) is 3.98. The standard InChI is InChI=1S/C16H21N/c1-4-6-10-15(5-2)13-17-14(3)16-11-8-7-9-12-16/h4-12,14,17H,2,13H2,1,3H3/b6-4-,15-10+. The van der Waals surface area contributed by atoms with Crippen LogP contribution >= 0.6 is 0 Å². The number of benzene rings is 1. The van der Waals surface area contributed by atoms with E-state index in [0.717, 1.165) is 6.54 Å². The van der Waals surface area contributed by atoms with E-state index in [1.165, 1.54) is 11.1 Å². The largest absolute Gasteiger partial charge is 0.306 e. The van der Waals surface area contributed by atoms with E-state index in [-0.39, 0.29) is 0 Å². The molecule has 0 radical (unpaired) electrons. The molecule has 1 aromatic carbocycles. The lowest BCUT2D eigenvalue weighted by molar-refractivity contribution is 0.610. The maximum atomic E-state index is 3.82. The Hall–Kier alpha value is -1.60. The first-order valence-electron chi connectivity index (χ1n) is 6.00. The van der Waals surface area contributed by atoms with Gasteiger partial charge in [0, 0.05) is 12.6 Å². The summed E-state index contributed by atoms with van der Waals surface area (Å²) in [5.41, 5.74) is 2.51. The Kier molecular flexibility index (Phi) is 6.05. The Bertz CT molecular complexity index is 387. The minimum Gasteiger partial charge on any atom is -0.306 e. The summed E-state index contributed by atoms with van der Waals surface area (Å²) in [5.74, 6) is 0. The highest BCUT2D eigenvalue weighted by atomic mass is 14.9. The first-order valence-corrected chi connectivity index (χ1v) is 6.00. The topological polar surface area (TPSA) is 12.0 Å². The molecule has 0 aliphatic heterocycles. The molecule has 0 spiro atoms. The van der Waals surface area contributed by atoms with Gasteiger partial charge < -0.3 is 5.32 Å². The molecule has 1 unspecified atom stereocenters. The zero-order valence-electron chi connectivity index (χ0n) is 10.7. The zero-order chi connectivity index (χ0) is 12.5. The minimum absolute atomic E-state index is 0.352. The van der Waals surface area contributed by atoms with E-state index >= 15 is 0 Å². The molecule has 0 saturated carbocycles. The third-order valence-corrected chi connectivity index (χ3v) is 2.68. The van der Waals surface area contributed by atoms with Crippen LogP contribution in [0.15, 0.2) is 66.8 Å². The van der Waals surface area contributed by atoms with E-state index in [1.807, 2.05) is 31.2 Å². The first-order chi connectivity index (χ1) is 8.27. The molecule has 0 aromatic heterocycles. The Morgan fingerprint density at radius 2 is 2.06 bits per heavy atom. The van der Waals surface area contributed by atoms with Crippen molar-refractivity contribution in [3.8, 4) is 0 Å². The first kappa shape index (κ1) is 13.5. The number of allylic oxidation sites excluding steroid dienone is 3. The van der Waals surface area contributed by atoms with Gasteiger partial charge in [-0.1, -0.05) is 61.2 Å². The molecule has 90 valence electrons. The smallest absolute Gasteiger partial charge is 0.0294 e. The maximum Gasteiger partial charge on any atom is 0.0294 e. The normalized spacial score (nSPS) is 13.9. The molecule has 1 atom stereocenters. The average molecular weight is 227 g/mol. The number of nitrogens with one attached hydrogen (secondary N) is 1. The SMILES string of the molecule is C=C/C(=C\C=C/C)CNC(C)c1ccccc1. The van der Waals surface area contributed by atoms with E-state index in [9.17, 15) is 0 Å². The monoisotopic (exact) mass is 227 g/mol. The molecule has 0 aliphatic rings. The van der Waals surface area contributed by atoms with Gasteiger partial charge in [-0.2, -0.15) is 0 Å². The van der Waals surface area contributed by atoms with Crippen LogP contribution in [0, 0.1) is 0 Å². The second-order valence-electron chi connectivity index (χ2n) is 3.98. The van der Waals surface area contributed by atoms with Crippen LogP contribution in [-0.2, 0) is 0 Å². The summed E-state index contributed by atoms with van der Waals surface area (Å²) >= 11 is 0. The highest BCUT2D eigenvalue weighted by molar-refractivity contribution is 5.24. The molecule has 1 heteroatoms. The van der Waals surface area contributed by atoms with Gasteiger partial charge in [0.25, 0.3) is 0 Å². The van der Waals surface area contributed by atoms with Crippen LogP contribution in [0.1, 0.15) is 25.5 Å². The lowest BCUT2D eigenvalue weighted by Gasteiger charge is -2.14. The summed E-state index contributed by atoms with van der Waals surface area (Å²) in [5, 5.41) is 3.49. The fourth-order valence-corrected chi connectivity index (χ4v) is 1.55. The van der Waals surface area contributed by atoms with Crippen molar-refractivity contribution in [2.24, 2.45) is 0 Å². The Morgan fingerprint density at radius 3 is 2.65 bits per heavy atom. The molecule has 0 aliphatic carbocycles. The fourth-order valence-electron chi connectivity index (χ4n) is 1.55. The fraction of sp³-hybridized carbons (Fsp3) is 0.250. The zero-order valence-corrected chi connectivity index (χ0v) is 10.7. The van der Waals surface area contributed by atoms with Crippen molar-refractivity contribution in [2.45, 2.75) is 19.9 Å². The molecule has 1 N–H and O–H groups in total. The lowest BCUT2D eigenvalue weighted by Crippen LogP contribution is -2.20. The highest BCUT2D eigenvalue weighted by Crippen LogP contribution is 2.11. The summed E-state index contributed by atoms with van der Waals surface area (Å²) in [6, 6.07) is 10.8. The number of hydrogen-bond donors (Lipinski definition) is 1. The second kappa shape index (κ2) is 7.64. The van der Waals surface area contributed by atoms with Crippen molar-refractivity contribution >= 4 is 0 Å². The van der Waals surface area contributed by atoms with Gasteiger partial charge in [0.15, 0.2) is 0 Å². The van der Waals surface area contributed by atoms with Crippen molar-refractivity contribution in [3.05, 3.63) is 72.4 Å². The van der Waals surface area contributed by atoms with Crippen molar-refractivity contribution < 1.29 is 0 Å². The van der Waals surface area contributed by atoms with Crippen LogP contribution in [0.4, 0.5) is 0 Å². The van der Waals surface area contributed by atoms with Gasteiger partial charge in [0.2, 0.25) is 0 Å². The maximum absolute atomic E-state index is 3.82. The molecule has 1 aromatic rings. The van der Waals surface area contributed by atoms with Crippen LogP contribution in [0.25, 0.3) is 0 Å². The van der Waals surface area contributed by atoms with Crippen LogP contribution < -0.4 is 5.32 Å². The average Bonchev–Trinajstić information content (AvgIpc) is 2.39. The highest BCUT2D eigenvalue weighted by Gasteiger charge is 2.03. The minimum atomic E-state index is 0.352. The van der Waals surface area contributed by atoms with Crippen molar-refractivity contribution in [1.29, 1.82) is 0 Å². The Morgan fingerprint density at radius 1 is 1.35 bits per heavy atom. The summed E-state index contributed by atoms with van der Waals surface area (Å²) < 4.78 is 0. The van der Waals surface area contributed by atoms with E-state index in [1.54, 1.807) is 0 Å². The van der Waals surface area contributed by atoms with E-state index in [2.05, 4.69) is 49.2 Å². The van der Waals surface area contributed by atoms with E-state index in [4.69, 9.17) is 0 Å². The van der Waals surface area contributed by atoms with Crippen molar-refractivity contribution in [2.75, 3.05) is 6.54 Å². The van der Waals surface area contributed by atoms with Gasteiger partial charge >= 0.3 is 0 Å². The number of rotatable bonds is 6. The predicted molar refractivity (Wildman–Crippen MR) is 76.0 cm³/mol. The third kappa shape index (κ3) is 4.83. The van der Waals surface area contributed by atoms with E-state index < -0.39 is 0 Å². The van der Waals surface area contributed by atoms with Gasteiger partial charge in [-0.15, -0.1) is 0 Å². The summed E-state index contributed by atoms with van der Waals surface area (Å²) in [6.45, 7) is 8.84. The third-order valence-electron chi connectivity index (χ3n) is 2.68. The van der Waals surface area contributed by atoms with Crippen LogP contribution in [0.5, 0.6) is 0 Å². The van der Waals surface area contributed by atoms with Crippen LogP contribution in [0.2, 0.25) is 0 Å². The molecular weight excluding hydrogens is 206 g/mol. The van der Waals surface area contributed by atoms with Gasteiger partial charge in [-0.25, -0.2) is 0 Å². The molecule has 1 nitrogen and oxygen atoms in total. The van der Waals surface area contributed by atoms with Crippen LogP contribution in [-0.4, -0.2) is 6.54 Å². The van der Waals surface area contributed by atoms with Gasteiger partial charge in [-0.3, -0.25) is 0 Å². The van der Waals surface area contributed by atoms with E-state index in [0.29, 0.717) is 6.04 Å². The molecule has 0 bridgehead atoms. The van der Waals surface area contributed by atoms with Crippen molar-refractivity contribution in [3.63, 3.8) is 0 Å². The predicted octanol–water partition coefficient (Wildman–Crippen LogP) is 4.03. The molecule has 17 heavy (non-hydrogen) atoms. The molecule has 0 saturated heterocycles. The molecule has 0 heterocycles. The Balaban J connectivity index is 2.53. The number of hydrogen-bond acceptors (Lipinski definition) is 1. The van der Waals surface area contributed by atoms with Gasteiger partial charge in [0.05, 0.1) is 0 Å². The van der Waals surface area contributed by atoms with Gasteiger partial charge in [-0.05, 0) is 25.0 Å². The molecule has 0 amide bonds. The quantitative estimate of drug-likeness (QED) is 0.724. The molecule has 1 rings (SSSR count). The Labute approximate surface area is 105 Å². The van der Waals surface area contributed by atoms with Gasteiger partial charge in [0.1, 0.15) is 0 Å². The summed E-state index contributed by atoms with van der Waals surface area (Å²) in [4.78, 5) is 0. The van der Waals surface area contributed by atoms with Crippen molar-refractivity contribution in [1.82, 2.24) is 5.32 Å². The molecular formula is C16H21N. The lowest BCUT2D eigenvalue weighted by atomic mass is 10.1. The van der Waals surface area contributed by atoms with Crippen LogP contribution in [0.3, 0.4) is 0 Å².